The monoisotopic (exact) mass is 1280 g/mol. The van der Waals surface area contributed by atoms with Crippen molar-refractivity contribution in [3.63, 3.8) is 0 Å². The molecule has 0 spiro atoms. The van der Waals surface area contributed by atoms with Crippen molar-refractivity contribution in [1.82, 2.24) is 5.32 Å². The van der Waals surface area contributed by atoms with Crippen molar-refractivity contribution in [2.75, 3.05) is 13.2 Å². The lowest BCUT2D eigenvalue weighted by molar-refractivity contribution is -0.143. The Balaban J connectivity index is 3.33. The molecule has 6 heteroatoms. The Bertz CT molecular complexity index is 1430. The molecule has 0 aromatic carbocycles. The van der Waals surface area contributed by atoms with Crippen LogP contribution in [0.5, 0.6) is 0 Å². The number of unbranched alkanes of at least 4 members (excludes halogenated alkanes) is 65. The molecule has 0 aromatic rings. The van der Waals surface area contributed by atoms with E-state index < -0.39 is 12.1 Å². The first-order valence-corrected chi connectivity index (χ1v) is 42.1. The molecule has 0 saturated carbocycles. The standard InChI is InChI=1S/C85H165NO5/c1-3-5-7-9-11-13-15-17-19-21-22-40-43-46-49-53-57-61-65-69-73-77-83(88)82(81-87)86-84(89)78-74-70-66-62-58-54-50-47-44-41-38-36-34-32-30-28-26-24-23-25-27-29-31-33-35-37-39-42-45-48-52-56-60-64-68-72-76-80-91-85(90)79-75-71-67-63-59-55-51-20-18-16-14-12-10-8-6-4-2/h20,23,25,51,82-83,87-88H,3-19,21-22,24,26-50,52-81H2,1-2H3,(H,86,89)/b25-23-,51-20-. The summed E-state index contributed by atoms with van der Waals surface area (Å²) in [5.41, 5.74) is 0. The minimum absolute atomic E-state index is 0.0151. The first-order chi connectivity index (χ1) is 45.0. The summed E-state index contributed by atoms with van der Waals surface area (Å²) in [6, 6.07) is -0.539. The van der Waals surface area contributed by atoms with Gasteiger partial charge in [-0.2, -0.15) is 0 Å². The van der Waals surface area contributed by atoms with Crippen molar-refractivity contribution in [3.05, 3.63) is 24.3 Å². The maximum Gasteiger partial charge on any atom is 0.305 e. The van der Waals surface area contributed by atoms with Gasteiger partial charge in [0.15, 0.2) is 0 Å². The third kappa shape index (κ3) is 77.2. The maximum absolute atomic E-state index is 12.6. The summed E-state index contributed by atoms with van der Waals surface area (Å²) >= 11 is 0. The lowest BCUT2D eigenvalue weighted by Gasteiger charge is -2.22. The molecule has 1 amide bonds. The molecule has 0 aliphatic carbocycles. The Hall–Kier alpha value is -1.66. The molecule has 0 aliphatic rings. The lowest BCUT2D eigenvalue weighted by Crippen LogP contribution is -2.45. The van der Waals surface area contributed by atoms with E-state index in [9.17, 15) is 19.8 Å². The van der Waals surface area contributed by atoms with Gasteiger partial charge >= 0.3 is 5.97 Å². The molecular weight excluding hydrogens is 1110 g/mol. The van der Waals surface area contributed by atoms with Crippen LogP contribution in [0.1, 0.15) is 483 Å². The van der Waals surface area contributed by atoms with Gasteiger partial charge in [0.1, 0.15) is 0 Å². The minimum Gasteiger partial charge on any atom is -0.466 e. The summed E-state index contributed by atoms with van der Waals surface area (Å²) in [7, 11) is 0. The number of carbonyl (C=O) groups is 2. The fourth-order valence-corrected chi connectivity index (χ4v) is 13.6. The van der Waals surface area contributed by atoms with E-state index in [1.54, 1.807) is 0 Å². The van der Waals surface area contributed by atoms with Gasteiger partial charge in [0.05, 0.1) is 25.4 Å². The highest BCUT2D eigenvalue weighted by Gasteiger charge is 2.20. The molecule has 3 N–H and O–H groups in total. The van der Waals surface area contributed by atoms with Crippen molar-refractivity contribution < 1.29 is 24.5 Å². The van der Waals surface area contributed by atoms with Gasteiger partial charge in [0.25, 0.3) is 0 Å². The second-order valence-electron chi connectivity index (χ2n) is 29.2. The Morgan fingerprint density at radius 1 is 0.297 bits per heavy atom. The van der Waals surface area contributed by atoms with E-state index in [1.807, 2.05) is 0 Å². The van der Waals surface area contributed by atoms with Crippen LogP contribution in [0.25, 0.3) is 0 Å². The number of esters is 1. The largest absolute Gasteiger partial charge is 0.466 e. The van der Waals surface area contributed by atoms with Crippen LogP contribution in [0.15, 0.2) is 24.3 Å². The number of aliphatic hydroxyl groups excluding tert-OH is 2. The van der Waals surface area contributed by atoms with Gasteiger partial charge in [-0.1, -0.05) is 417 Å². The molecule has 0 fully saturated rings. The molecule has 91 heavy (non-hydrogen) atoms. The van der Waals surface area contributed by atoms with Crippen molar-refractivity contribution >= 4 is 11.9 Å². The molecule has 0 aliphatic heterocycles. The van der Waals surface area contributed by atoms with Crippen LogP contribution in [0.3, 0.4) is 0 Å². The fraction of sp³-hybridized carbons (Fsp3) is 0.929. The number of carbonyl (C=O) groups excluding carboxylic acids is 2. The van der Waals surface area contributed by atoms with Gasteiger partial charge in [-0.05, 0) is 77.0 Å². The second-order valence-corrected chi connectivity index (χ2v) is 29.2. The number of hydrogen-bond donors (Lipinski definition) is 3. The van der Waals surface area contributed by atoms with Crippen LogP contribution >= 0.6 is 0 Å². The van der Waals surface area contributed by atoms with Gasteiger partial charge in [0, 0.05) is 12.8 Å². The van der Waals surface area contributed by atoms with Gasteiger partial charge in [-0.25, -0.2) is 0 Å². The van der Waals surface area contributed by atoms with Crippen molar-refractivity contribution in [1.29, 1.82) is 0 Å². The Morgan fingerprint density at radius 2 is 0.516 bits per heavy atom. The zero-order chi connectivity index (χ0) is 65.6. The van der Waals surface area contributed by atoms with Gasteiger partial charge in [-0.15, -0.1) is 0 Å². The van der Waals surface area contributed by atoms with Crippen LogP contribution < -0.4 is 5.32 Å². The molecule has 540 valence electrons. The molecule has 0 aromatic heterocycles. The zero-order valence-corrected chi connectivity index (χ0v) is 62.1. The van der Waals surface area contributed by atoms with E-state index in [4.69, 9.17) is 4.74 Å². The first kappa shape index (κ1) is 89.3. The number of rotatable bonds is 80. The van der Waals surface area contributed by atoms with Crippen LogP contribution in [-0.4, -0.2) is 47.4 Å². The SMILES string of the molecule is CCCCCCCCC/C=C\CCCCCCCC(=O)OCCCCCCCCCCCCCCCCCC/C=C\CCCCCCCCCCCCCCCCCCCC(=O)NC(CO)C(O)CCCCCCCCCCCCCCCCCCCCCCC. The van der Waals surface area contributed by atoms with E-state index in [1.165, 1.54) is 405 Å². The molecule has 2 atom stereocenters. The summed E-state index contributed by atoms with van der Waals surface area (Å²) < 4.78 is 5.51. The third-order valence-electron chi connectivity index (χ3n) is 20.0. The van der Waals surface area contributed by atoms with Gasteiger partial charge in [0.2, 0.25) is 5.91 Å². The number of aliphatic hydroxyl groups is 2. The molecule has 6 nitrogen and oxygen atoms in total. The molecule has 2 unspecified atom stereocenters. The summed E-state index contributed by atoms with van der Waals surface area (Å²) in [6.45, 7) is 5.00. The van der Waals surface area contributed by atoms with Crippen LogP contribution in [-0.2, 0) is 14.3 Å². The molecule has 0 radical (unpaired) electrons. The van der Waals surface area contributed by atoms with Gasteiger partial charge < -0.3 is 20.3 Å². The Labute approximate surface area is 571 Å². The number of hydrogen-bond acceptors (Lipinski definition) is 5. The van der Waals surface area contributed by atoms with E-state index in [2.05, 4.69) is 43.5 Å². The van der Waals surface area contributed by atoms with E-state index in [0.29, 0.717) is 25.9 Å². The second kappa shape index (κ2) is 80.8. The van der Waals surface area contributed by atoms with Crippen LogP contribution in [0, 0.1) is 0 Å². The van der Waals surface area contributed by atoms with Gasteiger partial charge in [-0.3, -0.25) is 9.59 Å². The van der Waals surface area contributed by atoms with E-state index in [-0.39, 0.29) is 18.5 Å². The molecule has 0 bridgehead atoms. The van der Waals surface area contributed by atoms with E-state index >= 15 is 0 Å². The average molecular weight is 1280 g/mol. The fourth-order valence-electron chi connectivity index (χ4n) is 13.6. The summed E-state index contributed by atoms with van der Waals surface area (Å²) in [4.78, 5) is 24.7. The maximum atomic E-state index is 12.6. The number of nitrogens with one attached hydrogen (secondary N) is 1. The molecular formula is C85H165NO5. The van der Waals surface area contributed by atoms with Crippen LogP contribution in [0.2, 0.25) is 0 Å². The summed E-state index contributed by atoms with van der Waals surface area (Å²) in [6.07, 6.45) is 104. The summed E-state index contributed by atoms with van der Waals surface area (Å²) in [5.74, 6) is -0.0102. The third-order valence-corrected chi connectivity index (χ3v) is 20.0. The van der Waals surface area contributed by atoms with Crippen LogP contribution in [0.4, 0.5) is 0 Å². The highest BCUT2D eigenvalue weighted by atomic mass is 16.5. The minimum atomic E-state index is -0.662. The predicted octanol–water partition coefficient (Wildman–Crippen LogP) is 28.0. The Kier molecular flexibility index (Phi) is 79.3. The smallest absolute Gasteiger partial charge is 0.305 e. The summed E-state index contributed by atoms with van der Waals surface area (Å²) in [5, 5.41) is 23.5. The molecule has 0 saturated heterocycles. The number of allylic oxidation sites excluding steroid dienone is 4. The molecule has 0 rings (SSSR count). The highest BCUT2D eigenvalue weighted by molar-refractivity contribution is 5.76. The quantitative estimate of drug-likeness (QED) is 0.0320. The number of ether oxygens (including phenoxy) is 1. The lowest BCUT2D eigenvalue weighted by atomic mass is 10.0. The van der Waals surface area contributed by atoms with Crippen molar-refractivity contribution in [2.45, 2.75) is 495 Å². The Morgan fingerprint density at radius 3 is 0.780 bits per heavy atom. The predicted molar refractivity (Wildman–Crippen MR) is 403 cm³/mol. The topological polar surface area (TPSA) is 95.9 Å². The number of amides is 1. The van der Waals surface area contributed by atoms with Crippen molar-refractivity contribution in [2.24, 2.45) is 0 Å². The molecule has 0 heterocycles. The van der Waals surface area contributed by atoms with Crippen molar-refractivity contribution in [3.8, 4) is 0 Å². The zero-order valence-electron chi connectivity index (χ0n) is 62.1. The normalized spacial score (nSPS) is 12.5. The highest BCUT2D eigenvalue weighted by Crippen LogP contribution is 2.20. The first-order valence-electron chi connectivity index (χ1n) is 42.1. The average Bonchev–Trinajstić information content (AvgIpc) is 3.66. The van der Waals surface area contributed by atoms with E-state index in [0.717, 1.165) is 44.9 Å².